The van der Waals surface area contributed by atoms with Crippen LogP contribution in [-0.4, -0.2) is 29.1 Å². The van der Waals surface area contributed by atoms with Crippen LogP contribution < -0.4 is 5.32 Å². The van der Waals surface area contributed by atoms with Gasteiger partial charge in [0.15, 0.2) is 0 Å². The average Bonchev–Trinajstić information content (AvgIpc) is 2.80. The Hall–Kier alpha value is -0.520. The van der Waals surface area contributed by atoms with Gasteiger partial charge in [-0.2, -0.15) is 11.8 Å². The number of thiophene rings is 1. The van der Waals surface area contributed by atoms with E-state index in [4.69, 9.17) is 5.11 Å². The van der Waals surface area contributed by atoms with E-state index in [9.17, 15) is 4.79 Å². The molecule has 0 radical (unpaired) electrons. The molecule has 0 spiro atoms. The number of hydrogen-bond acceptors (Lipinski definition) is 4. The number of thioether (sulfide) groups is 1. The number of carboxylic acid groups (broad SMARTS) is 1. The Kier molecular flexibility index (Phi) is 7.32. The fraction of sp³-hybridized carbons (Fsp3) is 0.583. The van der Waals surface area contributed by atoms with Gasteiger partial charge in [-0.3, -0.25) is 4.79 Å². The minimum absolute atomic E-state index is 0.0425. The second kappa shape index (κ2) is 8.55. The van der Waals surface area contributed by atoms with E-state index in [0.29, 0.717) is 0 Å². The van der Waals surface area contributed by atoms with Gasteiger partial charge in [0.05, 0.1) is 12.5 Å². The lowest BCUT2D eigenvalue weighted by Gasteiger charge is -2.15. The molecule has 0 aromatic carbocycles. The SMILES string of the molecule is CCSCCCNC(CC(=O)O)c1cccs1. The van der Waals surface area contributed by atoms with Crippen molar-refractivity contribution in [2.75, 3.05) is 18.1 Å². The molecule has 1 atom stereocenters. The molecule has 17 heavy (non-hydrogen) atoms. The summed E-state index contributed by atoms with van der Waals surface area (Å²) in [5, 5.41) is 14.2. The number of hydrogen-bond donors (Lipinski definition) is 2. The average molecular weight is 273 g/mol. The molecule has 0 bridgehead atoms. The maximum Gasteiger partial charge on any atom is 0.305 e. The van der Waals surface area contributed by atoms with E-state index >= 15 is 0 Å². The van der Waals surface area contributed by atoms with Crippen molar-refractivity contribution in [1.82, 2.24) is 5.32 Å². The quantitative estimate of drug-likeness (QED) is 0.679. The van der Waals surface area contributed by atoms with Crippen LogP contribution in [0.15, 0.2) is 17.5 Å². The fourth-order valence-corrected chi connectivity index (χ4v) is 2.97. The predicted molar refractivity (Wildman–Crippen MR) is 74.9 cm³/mol. The topological polar surface area (TPSA) is 49.3 Å². The highest BCUT2D eigenvalue weighted by Gasteiger charge is 2.15. The van der Waals surface area contributed by atoms with Crippen molar-refractivity contribution < 1.29 is 9.90 Å². The van der Waals surface area contributed by atoms with Crippen molar-refractivity contribution >= 4 is 29.1 Å². The van der Waals surface area contributed by atoms with Crippen LogP contribution in [0.3, 0.4) is 0 Å². The molecule has 0 aliphatic carbocycles. The second-order valence-corrected chi connectivity index (χ2v) is 6.04. The van der Waals surface area contributed by atoms with E-state index in [2.05, 4.69) is 12.2 Å². The zero-order chi connectivity index (χ0) is 12.5. The molecule has 0 aliphatic heterocycles. The van der Waals surface area contributed by atoms with Gasteiger partial charge in [0, 0.05) is 4.88 Å². The normalized spacial score (nSPS) is 12.5. The molecule has 1 unspecified atom stereocenters. The molecule has 3 nitrogen and oxygen atoms in total. The lowest BCUT2D eigenvalue weighted by Crippen LogP contribution is -2.24. The summed E-state index contributed by atoms with van der Waals surface area (Å²) in [5.74, 6) is 1.52. The Morgan fingerprint density at radius 3 is 3.06 bits per heavy atom. The molecule has 0 saturated heterocycles. The summed E-state index contributed by atoms with van der Waals surface area (Å²) < 4.78 is 0. The van der Waals surface area contributed by atoms with Crippen molar-refractivity contribution in [3.05, 3.63) is 22.4 Å². The van der Waals surface area contributed by atoms with Crippen LogP contribution in [0.2, 0.25) is 0 Å². The lowest BCUT2D eigenvalue weighted by molar-refractivity contribution is -0.137. The van der Waals surface area contributed by atoms with Crippen molar-refractivity contribution in [2.24, 2.45) is 0 Å². The van der Waals surface area contributed by atoms with Gasteiger partial charge >= 0.3 is 5.97 Å². The first kappa shape index (κ1) is 14.5. The number of rotatable bonds is 9. The van der Waals surface area contributed by atoms with Crippen molar-refractivity contribution in [3.63, 3.8) is 0 Å². The third kappa shape index (κ3) is 6.10. The van der Waals surface area contributed by atoms with Crippen LogP contribution in [0.5, 0.6) is 0 Å². The molecule has 0 amide bonds. The zero-order valence-corrected chi connectivity index (χ0v) is 11.6. The first-order valence-corrected chi connectivity index (χ1v) is 7.83. The Bertz CT molecular complexity index is 314. The number of aliphatic carboxylic acids is 1. The number of carboxylic acids is 1. The van der Waals surface area contributed by atoms with E-state index in [1.807, 2.05) is 29.3 Å². The molecule has 2 N–H and O–H groups in total. The molecule has 5 heteroatoms. The van der Waals surface area contributed by atoms with E-state index in [1.54, 1.807) is 11.3 Å². The predicted octanol–water partition coefficient (Wildman–Crippen LogP) is 3.00. The highest BCUT2D eigenvalue weighted by Crippen LogP contribution is 2.21. The summed E-state index contributed by atoms with van der Waals surface area (Å²) in [7, 11) is 0. The summed E-state index contributed by atoms with van der Waals surface area (Å²) in [4.78, 5) is 11.9. The first-order valence-electron chi connectivity index (χ1n) is 5.80. The minimum atomic E-state index is -0.751. The molecular weight excluding hydrogens is 254 g/mol. The summed E-state index contributed by atoms with van der Waals surface area (Å²) in [6.45, 7) is 3.03. The summed E-state index contributed by atoms with van der Waals surface area (Å²) in [6.07, 6.45) is 1.24. The van der Waals surface area contributed by atoms with Crippen molar-refractivity contribution in [3.8, 4) is 0 Å². The molecule has 1 aromatic heterocycles. The molecule has 1 rings (SSSR count). The van der Waals surface area contributed by atoms with Crippen LogP contribution in [0, 0.1) is 0 Å². The van der Waals surface area contributed by atoms with Gasteiger partial charge in [0.2, 0.25) is 0 Å². The lowest BCUT2D eigenvalue weighted by atomic mass is 10.1. The first-order chi connectivity index (χ1) is 8.24. The van der Waals surface area contributed by atoms with Crippen LogP contribution in [0.4, 0.5) is 0 Å². The Morgan fingerprint density at radius 2 is 2.47 bits per heavy atom. The monoisotopic (exact) mass is 273 g/mol. The standard InChI is InChI=1S/C12H19NO2S2/c1-2-16-7-4-6-13-10(9-12(14)15)11-5-3-8-17-11/h3,5,8,10,13H,2,4,6-7,9H2,1H3,(H,14,15). The van der Waals surface area contributed by atoms with Gasteiger partial charge in [-0.15, -0.1) is 11.3 Å². The van der Waals surface area contributed by atoms with Crippen LogP contribution in [0.25, 0.3) is 0 Å². The largest absolute Gasteiger partial charge is 0.481 e. The highest BCUT2D eigenvalue weighted by atomic mass is 32.2. The molecule has 0 saturated carbocycles. The maximum absolute atomic E-state index is 10.8. The van der Waals surface area contributed by atoms with E-state index in [0.717, 1.165) is 29.3 Å². The minimum Gasteiger partial charge on any atom is -0.481 e. The highest BCUT2D eigenvalue weighted by molar-refractivity contribution is 7.99. The van der Waals surface area contributed by atoms with Gasteiger partial charge in [0.25, 0.3) is 0 Å². The third-order valence-electron chi connectivity index (χ3n) is 2.33. The Balaban J connectivity index is 2.34. The summed E-state index contributed by atoms with van der Waals surface area (Å²) in [5.41, 5.74) is 0. The number of carbonyl (C=O) groups is 1. The van der Waals surface area contributed by atoms with Crippen LogP contribution >= 0.6 is 23.1 Å². The van der Waals surface area contributed by atoms with Crippen LogP contribution in [-0.2, 0) is 4.79 Å². The van der Waals surface area contributed by atoms with Crippen molar-refractivity contribution in [2.45, 2.75) is 25.8 Å². The second-order valence-electron chi connectivity index (χ2n) is 3.67. The van der Waals surface area contributed by atoms with Gasteiger partial charge in [0.1, 0.15) is 0 Å². The molecular formula is C12H19NO2S2. The van der Waals surface area contributed by atoms with E-state index in [1.165, 1.54) is 0 Å². The summed E-state index contributed by atoms with van der Waals surface area (Å²) in [6, 6.07) is 3.91. The summed E-state index contributed by atoms with van der Waals surface area (Å²) >= 11 is 3.53. The van der Waals surface area contributed by atoms with E-state index < -0.39 is 5.97 Å². The van der Waals surface area contributed by atoms with Gasteiger partial charge in [-0.25, -0.2) is 0 Å². The van der Waals surface area contributed by atoms with E-state index in [-0.39, 0.29) is 12.5 Å². The van der Waals surface area contributed by atoms with Crippen LogP contribution in [0.1, 0.15) is 30.7 Å². The Morgan fingerprint density at radius 1 is 1.65 bits per heavy atom. The maximum atomic E-state index is 10.8. The fourth-order valence-electron chi connectivity index (χ4n) is 1.53. The van der Waals surface area contributed by atoms with Gasteiger partial charge in [-0.05, 0) is 35.9 Å². The van der Waals surface area contributed by atoms with Crippen molar-refractivity contribution in [1.29, 1.82) is 0 Å². The number of nitrogens with one attached hydrogen (secondary N) is 1. The molecule has 96 valence electrons. The molecule has 0 fully saturated rings. The van der Waals surface area contributed by atoms with Gasteiger partial charge < -0.3 is 10.4 Å². The molecule has 1 aromatic rings. The molecule has 1 heterocycles. The molecule has 0 aliphatic rings. The van der Waals surface area contributed by atoms with Gasteiger partial charge in [-0.1, -0.05) is 13.0 Å². The smallest absolute Gasteiger partial charge is 0.305 e. The zero-order valence-electron chi connectivity index (χ0n) is 10.0. The third-order valence-corrected chi connectivity index (χ3v) is 4.30. The Labute approximate surface area is 111 Å².